The largest absolute Gasteiger partial charge is 0.487 e. The molecule has 0 aliphatic rings. The van der Waals surface area contributed by atoms with Crippen LogP contribution in [0, 0.1) is 6.92 Å². The van der Waals surface area contributed by atoms with E-state index in [1.807, 2.05) is 13.0 Å². The summed E-state index contributed by atoms with van der Waals surface area (Å²) in [6.07, 6.45) is 3.42. The zero-order valence-electron chi connectivity index (χ0n) is 16.9. The summed E-state index contributed by atoms with van der Waals surface area (Å²) < 4.78 is 41.1. The number of benzene rings is 1. The van der Waals surface area contributed by atoms with Gasteiger partial charge in [-0.1, -0.05) is 6.07 Å². The Morgan fingerprint density at radius 2 is 1.97 bits per heavy atom. The van der Waals surface area contributed by atoms with Gasteiger partial charge < -0.3 is 13.9 Å². The van der Waals surface area contributed by atoms with E-state index in [4.69, 9.17) is 9.15 Å². The van der Waals surface area contributed by atoms with Crippen molar-refractivity contribution in [2.75, 3.05) is 0 Å². The summed E-state index contributed by atoms with van der Waals surface area (Å²) in [6.45, 7) is 2.42. The molecule has 158 valence electrons. The molecule has 30 heavy (non-hydrogen) atoms. The molecule has 0 unspecified atom stereocenters. The van der Waals surface area contributed by atoms with Crippen molar-refractivity contribution in [2.45, 2.75) is 46.3 Å². The summed E-state index contributed by atoms with van der Waals surface area (Å²) in [4.78, 5) is 20.8. The van der Waals surface area contributed by atoms with E-state index >= 15 is 0 Å². The fourth-order valence-corrected chi connectivity index (χ4v) is 2.87. The third-order valence-electron chi connectivity index (χ3n) is 4.20. The Morgan fingerprint density at radius 3 is 2.67 bits per heavy atom. The number of pyridine rings is 1. The summed E-state index contributed by atoms with van der Waals surface area (Å²) in [5, 5.41) is 0. The molecule has 6 nitrogen and oxygen atoms in total. The van der Waals surface area contributed by atoms with Gasteiger partial charge in [0.05, 0.1) is 11.8 Å². The molecule has 0 aliphatic carbocycles. The maximum Gasteiger partial charge on any atom is 0.387 e. The molecule has 0 saturated heterocycles. The van der Waals surface area contributed by atoms with Crippen LogP contribution in [-0.2, 0) is 6.42 Å². The lowest BCUT2D eigenvalue weighted by molar-refractivity contribution is -0.0518. The summed E-state index contributed by atoms with van der Waals surface area (Å²) in [5.41, 5.74) is 2.29. The van der Waals surface area contributed by atoms with Crippen molar-refractivity contribution >= 4 is 5.78 Å². The number of alkyl halides is 2. The first kappa shape index (κ1) is 21.4. The number of rotatable bonds is 9. The Bertz CT molecular complexity index is 1020. The van der Waals surface area contributed by atoms with E-state index in [1.165, 1.54) is 18.4 Å². The number of oxazole rings is 1. The standard InChI is InChI=1S/C22H22F2N2O4/c1-13(2)29-18-9-6-15(11-19(18)30-22(23)24)21-26-16(12-28-21)7-8-17(27)20-14(3)5-4-10-25-20/h4-6,9-13,22H,7-8H2,1-3H3. The second kappa shape index (κ2) is 9.47. The van der Waals surface area contributed by atoms with E-state index in [-0.39, 0.29) is 35.7 Å². The molecule has 2 heterocycles. The first-order valence-corrected chi connectivity index (χ1v) is 9.48. The van der Waals surface area contributed by atoms with Crippen LogP contribution in [0.2, 0.25) is 0 Å². The molecular weight excluding hydrogens is 394 g/mol. The number of hydrogen-bond donors (Lipinski definition) is 0. The zero-order chi connectivity index (χ0) is 21.7. The molecule has 2 aromatic heterocycles. The van der Waals surface area contributed by atoms with Crippen LogP contribution in [-0.4, -0.2) is 28.5 Å². The van der Waals surface area contributed by atoms with Crippen molar-refractivity contribution < 1.29 is 27.5 Å². The molecule has 3 rings (SSSR count). The van der Waals surface area contributed by atoms with Gasteiger partial charge in [0.1, 0.15) is 12.0 Å². The number of carbonyl (C=O) groups excluding carboxylic acids is 1. The lowest BCUT2D eigenvalue weighted by Crippen LogP contribution is -2.09. The average Bonchev–Trinajstić information content (AvgIpc) is 3.16. The van der Waals surface area contributed by atoms with E-state index in [2.05, 4.69) is 14.7 Å². The van der Waals surface area contributed by atoms with Crippen LogP contribution in [0.5, 0.6) is 11.5 Å². The molecule has 8 heteroatoms. The van der Waals surface area contributed by atoms with Crippen LogP contribution in [0.3, 0.4) is 0 Å². The normalized spacial score (nSPS) is 11.2. The molecule has 0 radical (unpaired) electrons. The van der Waals surface area contributed by atoms with Gasteiger partial charge in [-0.05, 0) is 50.6 Å². The first-order chi connectivity index (χ1) is 14.3. The number of halogens is 2. The first-order valence-electron chi connectivity index (χ1n) is 9.48. The van der Waals surface area contributed by atoms with Crippen LogP contribution in [0.15, 0.2) is 47.2 Å². The number of hydrogen-bond acceptors (Lipinski definition) is 6. The fraction of sp³-hybridized carbons (Fsp3) is 0.318. The van der Waals surface area contributed by atoms with E-state index < -0.39 is 6.61 Å². The molecular formula is C22H22F2N2O4. The lowest BCUT2D eigenvalue weighted by Gasteiger charge is -2.15. The van der Waals surface area contributed by atoms with Gasteiger partial charge in [-0.3, -0.25) is 9.78 Å². The Kier molecular flexibility index (Phi) is 6.76. The van der Waals surface area contributed by atoms with Crippen LogP contribution in [0.25, 0.3) is 11.5 Å². The summed E-state index contributed by atoms with van der Waals surface area (Å²) in [5.74, 6) is 0.260. The smallest absolute Gasteiger partial charge is 0.387 e. The SMILES string of the molecule is Cc1cccnc1C(=O)CCc1coc(-c2ccc(OC(C)C)c(OC(F)F)c2)n1. The molecule has 0 fully saturated rings. The van der Waals surface area contributed by atoms with Crippen molar-refractivity contribution in [1.82, 2.24) is 9.97 Å². The molecule has 1 aromatic carbocycles. The van der Waals surface area contributed by atoms with E-state index in [1.54, 1.807) is 32.2 Å². The molecule has 0 atom stereocenters. The molecule has 0 spiro atoms. The Balaban J connectivity index is 1.73. The zero-order valence-corrected chi connectivity index (χ0v) is 16.9. The van der Waals surface area contributed by atoms with Gasteiger partial charge in [0.15, 0.2) is 17.3 Å². The number of ketones is 1. The van der Waals surface area contributed by atoms with Gasteiger partial charge in [-0.25, -0.2) is 4.98 Å². The second-order valence-corrected chi connectivity index (χ2v) is 6.94. The summed E-state index contributed by atoms with van der Waals surface area (Å²) in [6, 6.07) is 8.18. The lowest BCUT2D eigenvalue weighted by atomic mass is 10.1. The van der Waals surface area contributed by atoms with Gasteiger partial charge in [0.25, 0.3) is 0 Å². The fourth-order valence-electron chi connectivity index (χ4n) is 2.87. The molecule has 0 saturated carbocycles. The Labute approximate surface area is 172 Å². The number of Topliss-reactive ketones (excluding diaryl/α,β-unsaturated/α-hetero) is 1. The quantitative estimate of drug-likeness (QED) is 0.444. The maximum absolute atomic E-state index is 12.8. The van der Waals surface area contributed by atoms with E-state index in [9.17, 15) is 13.6 Å². The van der Waals surface area contributed by atoms with Gasteiger partial charge in [0.2, 0.25) is 5.89 Å². The number of carbonyl (C=O) groups is 1. The predicted molar refractivity (Wildman–Crippen MR) is 106 cm³/mol. The third kappa shape index (κ3) is 5.40. The molecule has 3 aromatic rings. The second-order valence-electron chi connectivity index (χ2n) is 6.94. The highest BCUT2D eigenvalue weighted by atomic mass is 19.3. The molecule has 0 bridgehead atoms. The Hall–Kier alpha value is -3.29. The van der Waals surface area contributed by atoms with E-state index in [0.29, 0.717) is 23.4 Å². The topological polar surface area (TPSA) is 74.5 Å². The number of aromatic nitrogens is 2. The highest BCUT2D eigenvalue weighted by molar-refractivity contribution is 5.95. The molecule has 0 aliphatic heterocycles. The molecule has 0 amide bonds. The van der Waals surface area contributed by atoms with Gasteiger partial charge >= 0.3 is 6.61 Å². The number of aryl methyl sites for hydroxylation is 2. The van der Waals surface area contributed by atoms with Crippen LogP contribution < -0.4 is 9.47 Å². The minimum Gasteiger partial charge on any atom is -0.487 e. The average molecular weight is 416 g/mol. The number of ether oxygens (including phenoxy) is 2. The van der Waals surface area contributed by atoms with Crippen molar-refractivity contribution in [3.05, 3.63) is 59.7 Å². The minimum atomic E-state index is -2.99. The Morgan fingerprint density at radius 1 is 1.17 bits per heavy atom. The highest BCUT2D eigenvalue weighted by Gasteiger charge is 2.17. The van der Waals surface area contributed by atoms with Gasteiger partial charge in [-0.2, -0.15) is 8.78 Å². The van der Waals surface area contributed by atoms with Gasteiger partial charge in [0, 0.05) is 24.6 Å². The van der Waals surface area contributed by atoms with Gasteiger partial charge in [-0.15, -0.1) is 0 Å². The maximum atomic E-state index is 12.8. The minimum absolute atomic E-state index is 0.0829. The monoisotopic (exact) mass is 416 g/mol. The van der Waals surface area contributed by atoms with Crippen molar-refractivity contribution in [3.8, 4) is 23.0 Å². The van der Waals surface area contributed by atoms with Crippen molar-refractivity contribution in [1.29, 1.82) is 0 Å². The third-order valence-corrected chi connectivity index (χ3v) is 4.20. The van der Waals surface area contributed by atoms with E-state index in [0.717, 1.165) is 5.56 Å². The van der Waals surface area contributed by atoms with Crippen LogP contribution in [0.1, 0.15) is 42.0 Å². The molecule has 0 N–H and O–H groups in total. The van der Waals surface area contributed by atoms with Crippen LogP contribution in [0.4, 0.5) is 8.78 Å². The van der Waals surface area contributed by atoms with Crippen LogP contribution >= 0.6 is 0 Å². The predicted octanol–water partition coefficient (Wildman–Crippen LogP) is 5.25. The summed E-state index contributed by atoms with van der Waals surface area (Å²) in [7, 11) is 0. The summed E-state index contributed by atoms with van der Waals surface area (Å²) >= 11 is 0. The van der Waals surface area contributed by atoms with Crippen molar-refractivity contribution in [3.63, 3.8) is 0 Å². The number of nitrogens with zero attached hydrogens (tertiary/aromatic N) is 2. The van der Waals surface area contributed by atoms with Crippen molar-refractivity contribution in [2.24, 2.45) is 0 Å². The highest BCUT2D eigenvalue weighted by Crippen LogP contribution is 2.34.